The molecule has 0 radical (unpaired) electrons. The highest BCUT2D eigenvalue weighted by Gasteiger charge is 2.30. The number of hydrogen-bond donors (Lipinski definition) is 0. The topological polar surface area (TPSA) is 62.3 Å². The summed E-state index contributed by atoms with van der Waals surface area (Å²) in [6.07, 6.45) is -0.440. The molecule has 0 unspecified atom stereocenters. The molecule has 2 heterocycles. The van der Waals surface area contributed by atoms with Crippen molar-refractivity contribution in [2.45, 2.75) is 13.8 Å². The monoisotopic (exact) mass is 395 g/mol. The minimum atomic E-state index is -0.440. The molecule has 0 aromatic heterocycles. The zero-order chi connectivity index (χ0) is 19.4. The Morgan fingerprint density at radius 2 is 1.96 bits per heavy atom. The number of anilines is 2. The number of rotatable bonds is 4. The van der Waals surface area contributed by atoms with Gasteiger partial charge in [0.15, 0.2) is 0 Å². The van der Waals surface area contributed by atoms with Gasteiger partial charge in [0.2, 0.25) is 5.91 Å². The number of carbonyl (C=O) groups excluding carboxylic acids is 2. The number of benzene rings is 1. The lowest BCUT2D eigenvalue weighted by Gasteiger charge is -2.35. The minimum absolute atomic E-state index is 0.00492. The van der Waals surface area contributed by atoms with E-state index in [2.05, 4.69) is 4.90 Å². The molecular formula is C19H26ClN3O4. The van der Waals surface area contributed by atoms with Crippen LogP contribution in [-0.4, -0.2) is 69.4 Å². The summed E-state index contributed by atoms with van der Waals surface area (Å²) in [5.41, 5.74) is 1.70. The van der Waals surface area contributed by atoms with Crippen molar-refractivity contribution in [3.63, 3.8) is 0 Å². The standard InChI is InChI=1S/C19H26ClN3O4/c1-14(2)13-27-19(25)22-5-6-23(18(24)12-22)17-11-15(3-4-16(17)20)21-7-9-26-10-8-21/h3-4,11,14H,5-10,12-13H2,1-2H3. The van der Waals surface area contributed by atoms with Gasteiger partial charge in [0.05, 0.1) is 30.5 Å². The largest absolute Gasteiger partial charge is 0.449 e. The van der Waals surface area contributed by atoms with Gasteiger partial charge < -0.3 is 19.3 Å². The van der Waals surface area contributed by atoms with E-state index in [4.69, 9.17) is 21.1 Å². The van der Waals surface area contributed by atoms with E-state index in [0.29, 0.717) is 43.6 Å². The lowest BCUT2D eigenvalue weighted by atomic mass is 10.2. The van der Waals surface area contributed by atoms with E-state index < -0.39 is 6.09 Å². The first kappa shape index (κ1) is 19.8. The number of amides is 2. The summed E-state index contributed by atoms with van der Waals surface area (Å²) in [6.45, 7) is 8.09. The molecule has 0 N–H and O–H groups in total. The molecule has 2 saturated heterocycles. The zero-order valence-electron chi connectivity index (χ0n) is 15.8. The highest BCUT2D eigenvalue weighted by Crippen LogP contribution is 2.32. The predicted molar refractivity (Wildman–Crippen MR) is 105 cm³/mol. The third kappa shape index (κ3) is 4.84. The van der Waals surface area contributed by atoms with E-state index in [0.717, 1.165) is 18.8 Å². The van der Waals surface area contributed by atoms with Gasteiger partial charge in [-0.3, -0.25) is 9.69 Å². The Balaban J connectivity index is 1.68. The molecular weight excluding hydrogens is 370 g/mol. The summed E-state index contributed by atoms with van der Waals surface area (Å²) < 4.78 is 10.6. The number of ether oxygens (including phenoxy) is 2. The lowest BCUT2D eigenvalue weighted by Crippen LogP contribution is -2.52. The fraction of sp³-hybridized carbons (Fsp3) is 0.579. The Morgan fingerprint density at radius 3 is 2.63 bits per heavy atom. The second-order valence-electron chi connectivity index (χ2n) is 7.17. The maximum atomic E-state index is 12.7. The van der Waals surface area contributed by atoms with Gasteiger partial charge in [0, 0.05) is 31.9 Å². The van der Waals surface area contributed by atoms with Crippen LogP contribution >= 0.6 is 11.6 Å². The Morgan fingerprint density at radius 1 is 1.22 bits per heavy atom. The molecule has 2 aliphatic rings. The van der Waals surface area contributed by atoms with Gasteiger partial charge in [-0.05, 0) is 24.1 Å². The fourth-order valence-corrected chi connectivity index (χ4v) is 3.36. The van der Waals surface area contributed by atoms with Crippen LogP contribution in [0.5, 0.6) is 0 Å². The summed E-state index contributed by atoms with van der Waals surface area (Å²) in [5.74, 6) is 0.0939. The highest BCUT2D eigenvalue weighted by atomic mass is 35.5. The molecule has 148 valence electrons. The van der Waals surface area contributed by atoms with Crippen molar-refractivity contribution < 1.29 is 19.1 Å². The molecule has 0 saturated carbocycles. The number of hydrogen-bond acceptors (Lipinski definition) is 5. The first-order valence-corrected chi connectivity index (χ1v) is 9.68. The Hall–Kier alpha value is -1.99. The molecule has 27 heavy (non-hydrogen) atoms. The molecule has 2 fully saturated rings. The minimum Gasteiger partial charge on any atom is -0.449 e. The predicted octanol–water partition coefficient (Wildman–Crippen LogP) is 2.62. The van der Waals surface area contributed by atoms with E-state index in [9.17, 15) is 9.59 Å². The van der Waals surface area contributed by atoms with Crippen LogP contribution in [0.25, 0.3) is 0 Å². The summed E-state index contributed by atoms with van der Waals surface area (Å²) in [7, 11) is 0. The Labute approximate surface area is 164 Å². The van der Waals surface area contributed by atoms with Crippen LogP contribution in [-0.2, 0) is 14.3 Å². The first-order chi connectivity index (χ1) is 13.0. The van der Waals surface area contributed by atoms with Crippen molar-refractivity contribution in [3.05, 3.63) is 23.2 Å². The molecule has 7 nitrogen and oxygen atoms in total. The smallest absolute Gasteiger partial charge is 0.410 e. The molecule has 2 aliphatic heterocycles. The second kappa shape index (κ2) is 8.80. The summed E-state index contributed by atoms with van der Waals surface area (Å²) in [6, 6.07) is 5.72. The molecule has 0 spiro atoms. The normalized spacial score (nSPS) is 18.2. The molecule has 0 atom stereocenters. The SMILES string of the molecule is CC(C)COC(=O)N1CCN(c2cc(N3CCOCC3)ccc2Cl)C(=O)C1. The van der Waals surface area contributed by atoms with Gasteiger partial charge in [0.25, 0.3) is 0 Å². The Bertz CT molecular complexity index is 692. The van der Waals surface area contributed by atoms with Crippen LogP contribution in [0.2, 0.25) is 5.02 Å². The number of halogens is 1. The van der Waals surface area contributed by atoms with Crippen LogP contribution in [0.4, 0.5) is 16.2 Å². The quantitative estimate of drug-likeness (QED) is 0.784. The van der Waals surface area contributed by atoms with Crippen LogP contribution in [0, 0.1) is 5.92 Å². The average molecular weight is 396 g/mol. The van der Waals surface area contributed by atoms with Gasteiger partial charge in [-0.1, -0.05) is 25.4 Å². The van der Waals surface area contributed by atoms with Crippen molar-refractivity contribution in [1.29, 1.82) is 0 Å². The summed E-state index contributed by atoms with van der Waals surface area (Å²) in [4.78, 5) is 30.1. The van der Waals surface area contributed by atoms with E-state index in [1.807, 2.05) is 32.0 Å². The van der Waals surface area contributed by atoms with E-state index in [-0.39, 0.29) is 18.4 Å². The van der Waals surface area contributed by atoms with Crippen molar-refractivity contribution >= 4 is 35.0 Å². The molecule has 2 amide bonds. The van der Waals surface area contributed by atoms with Gasteiger partial charge in [0.1, 0.15) is 6.54 Å². The molecule has 1 aromatic carbocycles. The lowest BCUT2D eigenvalue weighted by molar-refractivity contribution is -0.120. The maximum absolute atomic E-state index is 12.7. The molecule has 0 bridgehead atoms. The van der Waals surface area contributed by atoms with E-state index in [1.165, 1.54) is 4.90 Å². The van der Waals surface area contributed by atoms with Gasteiger partial charge >= 0.3 is 6.09 Å². The maximum Gasteiger partial charge on any atom is 0.410 e. The van der Waals surface area contributed by atoms with Crippen molar-refractivity contribution in [3.8, 4) is 0 Å². The summed E-state index contributed by atoms with van der Waals surface area (Å²) >= 11 is 6.37. The second-order valence-corrected chi connectivity index (χ2v) is 7.58. The van der Waals surface area contributed by atoms with E-state index in [1.54, 1.807) is 4.90 Å². The van der Waals surface area contributed by atoms with E-state index >= 15 is 0 Å². The van der Waals surface area contributed by atoms with Crippen molar-refractivity contribution in [2.24, 2.45) is 5.92 Å². The fourth-order valence-electron chi connectivity index (χ4n) is 3.14. The number of carbonyl (C=O) groups is 2. The number of morpholine rings is 1. The van der Waals surface area contributed by atoms with Crippen LogP contribution < -0.4 is 9.80 Å². The molecule has 3 rings (SSSR count). The van der Waals surface area contributed by atoms with Gasteiger partial charge in [-0.15, -0.1) is 0 Å². The zero-order valence-corrected chi connectivity index (χ0v) is 16.6. The third-order valence-corrected chi connectivity index (χ3v) is 4.94. The third-order valence-electron chi connectivity index (χ3n) is 4.62. The van der Waals surface area contributed by atoms with Crippen LogP contribution in [0.15, 0.2) is 18.2 Å². The van der Waals surface area contributed by atoms with Crippen molar-refractivity contribution in [1.82, 2.24) is 4.90 Å². The molecule has 8 heteroatoms. The first-order valence-electron chi connectivity index (χ1n) is 9.30. The average Bonchev–Trinajstić information content (AvgIpc) is 2.67. The van der Waals surface area contributed by atoms with Crippen LogP contribution in [0.3, 0.4) is 0 Å². The Kier molecular flexibility index (Phi) is 6.44. The number of piperazine rings is 1. The van der Waals surface area contributed by atoms with Crippen molar-refractivity contribution in [2.75, 3.05) is 62.3 Å². The van der Waals surface area contributed by atoms with Gasteiger partial charge in [-0.25, -0.2) is 4.79 Å². The van der Waals surface area contributed by atoms with Crippen LogP contribution in [0.1, 0.15) is 13.8 Å². The highest BCUT2D eigenvalue weighted by molar-refractivity contribution is 6.34. The summed E-state index contributed by atoms with van der Waals surface area (Å²) in [5, 5.41) is 0.524. The number of nitrogens with zero attached hydrogens (tertiary/aromatic N) is 3. The molecule has 0 aliphatic carbocycles. The van der Waals surface area contributed by atoms with Gasteiger partial charge in [-0.2, -0.15) is 0 Å². The molecule has 1 aromatic rings.